The van der Waals surface area contributed by atoms with Crippen molar-refractivity contribution in [3.05, 3.63) is 0 Å². The lowest BCUT2D eigenvalue weighted by molar-refractivity contribution is 0.0976. The molecule has 4 aliphatic heterocycles. The highest BCUT2D eigenvalue weighted by atomic mass is 16.6. The first kappa shape index (κ1) is 38.1. The molecule has 4 aliphatic rings. The van der Waals surface area contributed by atoms with Crippen LogP contribution in [0.15, 0.2) is 0 Å². The lowest BCUT2D eigenvalue weighted by atomic mass is 9.97. The molecule has 0 saturated carbocycles. The lowest BCUT2D eigenvalue weighted by Crippen LogP contribution is -2.52. The molecule has 0 aromatic heterocycles. The van der Waals surface area contributed by atoms with Gasteiger partial charge in [-0.15, -0.1) is 0 Å². The summed E-state index contributed by atoms with van der Waals surface area (Å²) in [6.07, 6.45) is -0.389. The van der Waals surface area contributed by atoms with Crippen LogP contribution < -0.4 is 5.32 Å². The third-order valence-electron chi connectivity index (χ3n) is 7.27. The Hall–Kier alpha value is -2.92. The molecule has 12 nitrogen and oxygen atoms in total. The molecule has 0 bridgehead atoms. The minimum Gasteiger partial charge on any atom is -0.448 e. The molecule has 1 N–H and O–H groups in total. The van der Waals surface area contributed by atoms with Crippen LogP contribution in [0.3, 0.4) is 0 Å². The van der Waals surface area contributed by atoms with Crippen LogP contribution in [-0.2, 0) is 9.47 Å². The number of carbonyl (C=O) groups is 4. The SMILES string of the molecule is CC(C)(C)N1C(=O)OCC1(C)C.CC(C)(C)N1CCNC1=O.CC(C)(C)N1CCOC1=O.CN1CCN(C(C)(C)C)C1=O. The van der Waals surface area contributed by atoms with Gasteiger partial charge in [0.25, 0.3) is 0 Å². The van der Waals surface area contributed by atoms with Crippen LogP contribution in [0, 0.1) is 0 Å². The number of hydrogen-bond donors (Lipinski definition) is 1. The van der Waals surface area contributed by atoms with Gasteiger partial charge in [-0.05, 0) is 96.9 Å². The van der Waals surface area contributed by atoms with Crippen molar-refractivity contribution < 1.29 is 28.7 Å². The fourth-order valence-corrected chi connectivity index (χ4v) is 5.18. The lowest BCUT2D eigenvalue weighted by Gasteiger charge is -2.38. The summed E-state index contributed by atoms with van der Waals surface area (Å²) in [6, 6.07) is 0.213. The van der Waals surface area contributed by atoms with Crippen molar-refractivity contribution in [2.24, 2.45) is 0 Å². The summed E-state index contributed by atoms with van der Waals surface area (Å²) in [6.45, 7) is 33.5. The molecule has 12 heteroatoms. The van der Waals surface area contributed by atoms with Crippen molar-refractivity contribution in [1.29, 1.82) is 0 Å². The predicted molar refractivity (Wildman–Crippen MR) is 169 cm³/mol. The van der Waals surface area contributed by atoms with E-state index < -0.39 is 0 Å². The van der Waals surface area contributed by atoms with Gasteiger partial charge in [0.1, 0.15) is 13.2 Å². The van der Waals surface area contributed by atoms with E-state index in [1.54, 1.807) is 14.7 Å². The number of ether oxygens (including phenoxy) is 2. The highest BCUT2D eigenvalue weighted by Gasteiger charge is 2.45. The molecule has 0 aromatic rings. The normalized spacial score (nSPS) is 20.5. The third kappa shape index (κ3) is 10.9. The molecule has 4 heterocycles. The number of urea groups is 2. The summed E-state index contributed by atoms with van der Waals surface area (Å²) in [5.41, 5.74) is -0.470. The molecule has 4 saturated heterocycles. The number of nitrogens with one attached hydrogen (secondary N) is 1. The Balaban J connectivity index is 0.000000287. The van der Waals surface area contributed by atoms with Crippen LogP contribution in [0.2, 0.25) is 0 Å². The van der Waals surface area contributed by atoms with Gasteiger partial charge in [0, 0.05) is 55.4 Å². The minimum atomic E-state index is -0.201. The van der Waals surface area contributed by atoms with Gasteiger partial charge in [0.05, 0.1) is 12.1 Å². The Labute approximate surface area is 260 Å². The molecule has 4 rings (SSSR count). The number of nitrogens with zero attached hydrogens (tertiary/aromatic N) is 5. The summed E-state index contributed by atoms with van der Waals surface area (Å²) in [5, 5.41) is 2.76. The summed E-state index contributed by atoms with van der Waals surface area (Å²) < 4.78 is 9.77. The Bertz CT molecular complexity index is 951. The molecule has 0 atom stereocenters. The van der Waals surface area contributed by atoms with Crippen LogP contribution in [0.4, 0.5) is 19.2 Å². The van der Waals surface area contributed by atoms with Crippen LogP contribution in [0.1, 0.15) is 96.9 Å². The van der Waals surface area contributed by atoms with Crippen molar-refractivity contribution in [2.75, 3.05) is 53.0 Å². The van der Waals surface area contributed by atoms with E-state index in [1.165, 1.54) is 0 Å². The summed E-state index contributed by atoms with van der Waals surface area (Å²) >= 11 is 0. The van der Waals surface area contributed by atoms with Gasteiger partial charge in [-0.1, -0.05) is 0 Å². The zero-order valence-electron chi connectivity index (χ0n) is 29.6. The quantitative estimate of drug-likeness (QED) is 0.401. The van der Waals surface area contributed by atoms with Gasteiger partial charge in [0.2, 0.25) is 0 Å². The van der Waals surface area contributed by atoms with Gasteiger partial charge >= 0.3 is 24.2 Å². The highest BCUT2D eigenvalue weighted by Crippen LogP contribution is 2.31. The Morgan fingerprint density at radius 2 is 1.14 bits per heavy atom. The van der Waals surface area contributed by atoms with Crippen LogP contribution in [0.25, 0.3) is 0 Å². The standard InChI is InChI=1S/C9H17NO2.C8H16N2O.C7H14N2O.C7H13NO2/c1-8(2,3)10-7(11)12-6-9(10,4)5;1-8(2,3)10-6-5-9(4)7(10)11;1-7(2,3)9-5-4-8-6(9)10;1-7(2,3)8-4-5-10-6(8)9/h6H2,1-5H3;5-6H2,1-4H3;4-5H2,1-3H3,(H,8,10);4-5H2,1-3H3. The molecular formula is C31H60N6O6. The minimum absolute atomic E-state index is 0.0259. The first-order chi connectivity index (χ1) is 19.2. The van der Waals surface area contributed by atoms with Crippen LogP contribution in [0.5, 0.6) is 0 Å². The second kappa shape index (κ2) is 13.8. The second-order valence-corrected chi connectivity index (χ2v) is 15.9. The maximum Gasteiger partial charge on any atom is 0.410 e. The van der Waals surface area contributed by atoms with Gasteiger partial charge in [0.15, 0.2) is 0 Å². The monoisotopic (exact) mass is 612 g/mol. The van der Waals surface area contributed by atoms with Crippen molar-refractivity contribution in [1.82, 2.24) is 29.8 Å². The molecule has 0 aromatic carbocycles. The molecule has 250 valence electrons. The summed E-state index contributed by atoms with van der Waals surface area (Å²) in [7, 11) is 1.84. The van der Waals surface area contributed by atoms with E-state index in [9.17, 15) is 19.2 Å². The number of amides is 6. The average molecular weight is 613 g/mol. The maximum atomic E-state index is 11.4. The van der Waals surface area contributed by atoms with Crippen LogP contribution >= 0.6 is 0 Å². The number of cyclic esters (lactones) is 2. The molecule has 0 spiro atoms. The van der Waals surface area contributed by atoms with E-state index >= 15 is 0 Å². The Morgan fingerprint density at radius 1 is 0.628 bits per heavy atom. The molecule has 0 aliphatic carbocycles. The topological polar surface area (TPSA) is 115 Å². The molecule has 0 unspecified atom stereocenters. The van der Waals surface area contributed by atoms with Gasteiger partial charge in [-0.3, -0.25) is 9.80 Å². The zero-order valence-corrected chi connectivity index (χ0v) is 29.6. The molecule has 43 heavy (non-hydrogen) atoms. The molecular weight excluding hydrogens is 552 g/mol. The molecule has 6 amide bonds. The summed E-state index contributed by atoms with van der Waals surface area (Å²) in [4.78, 5) is 53.7. The number of likely N-dealkylation sites (N-methyl/N-ethyl adjacent to an activating group) is 1. The first-order valence-electron chi connectivity index (χ1n) is 15.2. The summed E-state index contributed by atoms with van der Waals surface area (Å²) in [5.74, 6) is 0. The van der Waals surface area contributed by atoms with E-state index in [1.807, 2.05) is 93.0 Å². The number of rotatable bonds is 0. The van der Waals surface area contributed by atoms with Gasteiger partial charge < -0.3 is 29.5 Å². The Kier molecular flexibility index (Phi) is 12.2. The number of carbonyl (C=O) groups excluding carboxylic acids is 4. The van der Waals surface area contributed by atoms with E-state index in [0.29, 0.717) is 13.2 Å². The fourth-order valence-electron chi connectivity index (χ4n) is 5.18. The van der Waals surface area contributed by atoms with Crippen molar-refractivity contribution >= 4 is 24.2 Å². The van der Waals surface area contributed by atoms with Crippen molar-refractivity contribution in [3.63, 3.8) is 0 Å². The van der Waals surface area contributed by atoms with E-state index in [0.717, 1.165) is 32.7 Å². The van der Waals surface area contributed by atoms with Gasteiger partial charge in [-0.25, -0.2) is 19.2 Å². The van der Waals surface area contributed by atoms with Crippen molar-refractivity contribution in [3.8, 4) is 0 Å². The van der Waals surface area contributed by atoms with Gasteiger partial charge in [-0.2, -0.15) is 0 Å². The molecule has 4 fully saturated rings. The first-order valence-corrected chi connectivity index (χ1v) is 15.2. The molecule has 0 radical (unpaired) electrons. The zero-order chi connectivity index (χ0) is 33.8. The number of hydrogen-bond acceptors (Lipinski definition) is 6. The smallest absolute Gasteiger partial charge is 0.410 e. The second-order valence-electron chi connectivity index (χ2n) is 15.9. The van der Waals surface area contributed by atoms with E-state index in [2.05, 4.69) is 26.1 Å². The maximum absolute atomic E-state index is 11.4. The van der Waals surface area contributed by atoms with E-state index in [4.69, 9.17) is 9.47 Å². The largest absolute Gasteiger partial charge is 0.448 e. The predicted octanol–water partition coefficient (Wildman–Crippen LogP) is 5.22. The van der Waals surface area contributed by atoms with Crippen LogP contribution in [-0.4, -0.2) is 129 Å². The average Bonchev–Trinajstić information content (AvgIpc) is 3.56. The highest BCUT2D eigenvalue weighted by molar-refractivity contribution is 5.77. The van der Waals surface area contributed by atoms with E-state index in [-0.39, 0.29) is 51.9 Å². The third-order valence-corrected chi connectivity index (χ3v) is 7.27. The Morgan fingerprint density at radius 3 is 1.33 bits per heavy atom. The van der Waals surface area contributed by atoms with Crippen molar-refractivity contribution in [2.45, 2.75) is 125 Å². The fraction of sp³-hybridized carbons (Fsp3) is 0.871.